The summed E-state index contributed by atoms with van der Waals surface area (Å²) in [6, 6.07) is 5.96. The Morgan fingerprint density at radius 1 is 0.967 bits per heavy atom. The van der Waals surface area contributed by atoms with Crippen LogP contribution in [0.4, 0.5) is 0 Å². The number of hydrogen-bond acceptors (Lipinski definition) is 9. The predicted molar refractivity (Wildman–Crippen MR) is 231 cm³/mol. The van der Waals surface area contributed by atoms with Gasteiger partial charge in [0, 0.05) is 24.3 Å². The van der Waals surface area contributed by atoms with Gasteiger partial charge in [0.1, 0.15) is 18.2 Å². The Morgan fingerprint density at radius 3 is 2.23 bits per heavy atom. The molecule has 1 aromatic rings. The highest BCUT2D eigenvalue weighted by Gasteiger charge is 2.72. The molecular weight excluding hydrogens is 781 g/mol. The van der Waals surface area contributed by atoms with Crippen LogP contribution in [0.3, 0.4) is 0 Å². The van der Waals surface area contributed by atoms with Gasteiger partial charge in [-0.25, -0.2) is 13.1 Å². The van der Waals surface area contributed by atoms with Crippen LogP contribution in [0.25, 0.3) is 0 Å². The monoisotopic (exact) mass is 855 g/mol. The molecule has 4 fully saturated rings. The molecular formula is C48H74N2O9S. The van der Waals surface area contributed by atoms with E-state index >= 15 is 0 Å². The molecule has 6 rings (SSSR count). The van der Waals surface area contributed by atoms with Crippen molar-refractivity contribution >= 4 is 27.9 Å². The molecule has 1 aromatic carbocycles. The number of aliphatic carboxylic acids is 1. The number of nitrogens with two attached hydrogens (primary N) is 1. The number of benzene rings is 1. The van der Waals surface area contributed by atoms with E-state index in [1.165, 1.54) is 12.5 Å². The molecule has 4 N–H and O–H groups in total. The minimum Gasteiger partial charge on any atom is -0.481 e. The highest BCUT2D eigenvalue weighted by atomic mass is 32.2. The number of allylic oxidation sites excluding steroid dienone is 1. The van der Waals surface area contributed by atoms with Gasteiger partial charge < -0.3 is 25.1 Å². The lowest BCUT2D eigenvalue weighted by Gasteiger charge is -2.71. The molecule has 2 bridgehead atoms. The molecule has 0 amide bonds. The molecule has 1 saturated heterocycles. The molecule has 1 unspecified atom stereocenters. The number of sulfonamides is 1. The zero-order valence-electron chi connectivity index (χ0n) is 38.2. The van der Waals surface area contributed by atoms with Crippen LogP contribution in [0.2, 0.25) is 0 Å². The highest BCUT2D eigenvalue weighted by Crippen LogP contribution is 2.75. The van der Waals surface area contributed by atoms with Gasteiger partial charge in [0.25, 0.3) is 0 Å². The number of ether oxygens (including phenoxy) is 3. The van der Waals surface area contributed by atoms with Crippen molar-refractivity contribution in [2.24, 2.45) is 62.4 Å². The molecule has 5 aliphatic rings. The average molecular weight is 855 g/mol. The SMILES string of the molecule is CC(=O)O[C@@H]1C[C@@]23COC[C@@](C)([C@@H]2CC[C@H]2C3=CC[C@@]3(C)[C@H](C(=O)O)[C@@](C)([C@H](C)C(C)C)CC[C@]23C)[C@H]1OC(=O)C(N)CCCCNS(=O)(=O)c1ccc(C(C)(C)C)cc1. The lowest BCUT2D eigenvalue weighted by Crippen LogP contribution is -2.70. The van der Waals surface area contributed by atoms with Crippen LogP contribution in [-0.4, -0.2) is 69.4 Å². The number of carbonyl (C=O) groups is 3. The van der Waals surface area contributed by atoms with Crippen molar-refractivity contribution in [3.05, 3.63) is 41.5 Å². The summed E-state index contributed by atoms with van der Waals surface area (Å²) in [4.78, 5) is 40.2. The van der Waals surface area contributed by atoms with E-state index in [4.69, 9.17) is 19.9 Å². The van der Waals surface area contributed by atoms with E-state index in [0.717, 1.165) is 31.2 Å². The number of nitrogens with one attached hydrogen (secondary N) is 1. The van der Waals surface area contributed by atoms with E-state index in [0.29, 0.717) is 51.2 Å². The maximum Gasteiger partial charge on any atom is 0.323 e. The normalized spacial score (nSPS) is 37.4. The van der Waals surface area contributed by atoms with Gasteiger partial charge in [-0.05, 0) is 114 Å². The molecule has 12 heteroatoms. The molecule has 3 saturated carbocycles. The second-order valence-corrected chi connectivity index (χ2v) is 23.6. The Bertz CT molecular complexity index is 1940. The van der Waals surface area contributed by atoms with Crippen molar-refractivity contribution in [1.82, 2.24) is 4.72 Å². The number of carbonyl (C=O) groups excluding carboxylic acids is 2. The Kier molecular flexibility index (Phi) is 12.8. The number of esters is 2. The zero-order chi connectivity index (χ0) is 44.4. The first kappa shape index (κ1) is 46.7. The minimum absolute atomic E-state index is 0.0813. The third kappa shape index (κ3) is 7.80. The van der Waals surface area contributed by atoms with Gasteiger partial charge in [0.15, 0.2) is 0 Å². The molecule has 60 heavy (non-hydrogen) atoms. The molecule has 0 radical (unpaired) electrons. The van der Waals surface area contributed by atoms with E-state index in [2.05, 4.69) is 80.0 Å². The highest BCUT2D eigenvalue weighted by molar-refractivity contribution is 7.89. The van der Waals surface area contributed by atoms with Crippen LogP contribution in [0, 0.1) is 56.7 Å². The summed E-state index contributed by atoms with van der Waals surface area (Å²) in [6.45, 7) is 24.2. The number of unbranched alkanes of at least 4 members (excludes halogenated alkanes) is 1. The molecule has 1 aliphatic heterocycles. The standard InChI is InChI=1S/C48H74N2O9S/c1-29(2)30(3)44(8)23-24-46(10)34-19-20-38-45(9)27-57-28-48(38,35(34)21-22-47(46,11)39(44)41(52)53)26-37(58-31(4)51)40(45)59-42(54)36(49)14-12-13-25-50-60(55,56)33-17-15-32(16-18-33)43(5,6)7/h15-18,21,29-30,34,36-40,50H,12-14,19-20,22-28,49H2,1-11H3,(H,52,53)/t30-,34+,36?,37-,38+,39-,40+,44-,45+,46-,47+,48+/m1/s1. The fourth-order valence-electron chi connectivity index (χ4n) is 13.3. The molecule has 4 aliphatic carbocycles. The number of carboxylic acid groups (broad SMARTS) is 1. The number of carboxylic acids is 1. The largest absolute Gasteiger partial charge is 0.481 e. The summed E-state index contributed by atoms with van der Waals surface area (Å²) in [6.07, 6.45) is 6.76. The van der Waals surface area contributed by atoms with Crippen molar-refractivity contribution in [2.45, 2.75) is 163 Å². The number of hydrogen-bond donors (Lipinski definition) is 3. The Hall–Kier alpha value is -2.80. The van der Waals surface area contributed by atoms with E-state index in [9.17, 15) is 27.9 Å². The third-order valence-electron chi connectivity index (χ3n) is 17.2. The lowest BCUT2D eigenvalue weighted by atomic mass is 9.34. The summed E-state index contributed by atoms with van der Waals surface area (Å²) in [5, 5.41) is 11.0. The van der Waals surface area contributed by atoms with Gasteiger partial charge in [-0.1, -0.05) is 99.4 Å². The maximum atomic E-state index is 13.8. The molecule has 0 spiro atoms. The molecule has 1 heterocycles. The van der Waals surface area contributed by atoms with E-state index in [-0.39, 0.29) is 45.4 Å². The van der Waals surface area contributed by atoms with E-state index < -0.39 is 68.3 Å². The Balaban J connectivity index is 1.17. The van der Waals surface area contributed by atoms with Crippen molar-refractivity contribution < 1.29 is 42.1 Å². The van der Waals surface area contributed by atoms with Crippen LogP contribution in [0.1, 0.15) is 140 Å². The summed E-state index contributed by atoms with van der Waals surface area (Å²) < 4.78 is 47.5. The Labute approximate surface area is 359 Å². The molecule has 11 nitrogen and oxygen atoms in total. The smallest absolute Gasteiger partial charge is 0.323 e. The van der Waals surface area contributed by atoms with Gasteiger partial charge in [0.05, 0.1) is 24.0 Å². The summed E-state index contributed by atoms with van der Waals surface area (Å²) in [5.41, 5.74) is 6.50. The van der Waals surface area contributed by atoms with E-state index in [1.807, 2.05) is 12.1 Å². The fourth-order valence-corrected chi connectivity index (χ4v) is 14.4. The van der Waals surface area contributed by atoms with Crippen molar-refractivity contribution in [2.75, 3.05) is 19.8 Å². The van der Waals surface area contributed by atoms with Gasteiger partial charge in [-0.15, -0.1) is 0 Å². The second-order valence-electron chi connectivity index (χ2n) is 21.8. The van der Waals surface area contributed by atoms with Crippen molar-refractivity contribution in [3.63, 3.8) is 0 Å². The maximum absolute atomic E-state index is 13.8. The topological polar surface area (TPSA) is 171 Å². The van der Waals surface area contributed by atoms with Crippen LogP contribution in [-0.2, 0) is 44.0 Å². The van der Waals surface area contributed by atoms with Gasteiger partial charge in [-0.3, -0.25) is 14.4 Å². The van der Waals surface area contributed by atoms with E-state index in [1.54, 1.807) is 12.1 Å². The number of fused-ring (bicyclic) bond motifs is 3. The number of rotatable bonds is 13. The van der Waals surface area contributed by atoms with Crippen LogP contribution < -0.4 is 10.5 Å². The average Bonchev–Trinajstić information content (AvgIpc) is 3.15. The summed E-state index contributed by atoms with van der Waals surface area (Å²) >= 11 is 0. The van der Waals surface area contributed by atoms with Crippen LogP contribution in [0.15, 0.2) is 40.8 Å². The lowest BCUT2D eigenvalue weighted by molar-refractivity contribution is -0.263. The summed E-state index contributed by atoms with van der Waals surface area (Å²) in [5.74, 6) is -1.41. The van der Waals surface area contributed by atoms with Crippen LogP contribution in [0.5, 0.6) is 0 Å². The first-order valence-corrected chi connectivity index (χ1v) is 24.0. The fraction of sp³-hybridized carbons (Fsp3) is 0.771. The van der Waals surface area contributed by atoms with Crippen LogP contribution >= 0.6 is 0 Å². The van der Waals surface area contributed by atoms with Crippen molar-refractivity contribution in [3.8, 4) is 0 Å². The first-order valence-electron chi connectivity index (χ1n) is 22.5. The first-order chi connectivity index (χ1) is 27.8. The predicted octanol–water partition coefficient (Wildman–Crippen LogP) is 8.19. The second kappa shape index (κ2) is 16.4. The van der Waals surface area contributed by atoms with Gasteiger partial charge in [-0.2, -0.15) is 0 Å². The zero-order valence-corrected chi connectivity index (χ0v) is 39.0. The van der Waals surface area contributed by atoms with Gasteiger partial charge in [0.2, 0.25) is 10.0 Å². The third-order valence-corrected chi connectivity index (χ3v) is 18.7. The summed E-state index contributed by atoms with van der Waals surface area (Å²) in [7, 11) is -3.69. The molecule has 336 valence electrons. The molecule has 0 aromatic heterocycles. The van der Waals surface area contributed by atoms with Gasteiger partial charge >= 0.3 is 17.9 Å². The molecule has 12 atom stereocenters. The Morgan fingerprint density at radius 2 is 1.63 bits per heavy atom. The minimum atomic E-state index is -3.69. The van der Waals surface area contributed by atoms with Crippen molar-refractivity contribution in [1.29, 1.82) is 0 Å². The quantitative estimate of drug-likeness (QED) is 0.0999.